The highest BCUT2D eigenvalue weighted by molar-refractivity contribution is 6.28. The van der Waals surface area contributed by atoms with Crippen molar-refractivity contribution in [1.82, 2.24) is 14.8 Å². The molecule has 0 spiro atoms. The summed E-state index contributed by atoms with van der Waals surface area (Å²) in [5.74, 6) is 0.956. The number of rotatable bonds is 3. The smallest absolute Gasteiger partial charge is 0.229 e. The SMILES string of the molecule is COc1ccc(-n2c(Cl)nnc2C2CC2)cc1F. The lowest BCUT2D eigenvalue weighted by molar-refractivity contribution is 0.386. The van der Waals surface area contributed by atoms with Crippen molar-refractivity contribution in [2.24, 2.45) is 0 Å². The Labute approximate surface area is 108 Å². The van der Waals surface area contributed by atoms with Crippen molar-refractivity contribution in [3.63, 3.8) is 0 Å². The lowest BCUT2D eigenvalue weighted by atomic mass is 10.2. The molecule has 0 amide bonds. The number of methoxy groups -OCH3 is 1. The van der Waals surface area contributed by atoms with Gasteiger partial charge in [-0.3, -0.25) is 4.57 Å². The topological polar surface area (TPSA) is 39.9 Å². The Morgan fingerprint density at radius 3 is 2.78 bits per heavy atom. The summed E-state index contributed by atoms with van der Waals surface area (Å²) in [6.45, 7) is 0. The van der Waals surface area contributed by atoms with Crippen LogP contribution in [0.2, 0.25) is 5.28 Å². The first-order valence-electron chi connectivity index (χ1n) is 5.65. The number of ether oxygens (including phenoxy) is 1. The molecule has 18 heavy (non-hydrogen) atoms. The van der Waals surface area contributed by atoms with Gasteiger partial charge in [0.15, 0.2) is 11.6 Å². The van der Waals surface area contributed by atoms with Crippen molar-refractivity contribution in [2.45, 2.75) is 18.8 Å². The van der Waals surface area contributed by atoms with Gasteiger partial charge in [-0.05, 0) is 36.6 Å². The quantitative estimate of drug-likeness (QED) is 0.858. The van der Waals surface area contributed by atoms with Gasteiger partial charge in [-0.2, -0.15) is 0 Å². The van der Waals surface area contributed by atoms with Crippen LogP contribution >= 0.6 is 11.6 Å². The van der Waals surface area contributed by atoms with Crippen LogP contribution in [0.1, 0.15) is 24.6 Å². The van der Waals surface area contributed by atoms with Gasteiger partial charge in [-0.15, -0.1) is 10.2 Å². The Kier molecular flexibility index (Phi) is 2.70. The minimum Gasteiger partial charge on any atom is -0.494 e. The number of halogens is 2. The molecule has 3 rings (SSSR count). The van der Waals surface area contributed by atoms with Crippen molar-refractivity contribution in [3.8, 4) is 11.4 Å². The maximum atomic E-state index is 13.7. The third-order valence-corrected chi connectivity index (χ3v) is 3.23. The van der Waals surface area contributed by atoms with Gasteiger partial charge in [0.1, 0.15) is 5.82 Å². The zero-order valence-electron chi connectivity index (χ0n) is 9.73. The van der Waals surface area contributed by atoms with Crippen molar-refractivity contribution in [3.05, 3.63) is 35.1 Å². The molecule has 94 valence electrons. The fourth-order valence-electron chi connectivity index (χ4n) is 1.92. The molecular weight excluding hydrogens is 257 g/mol. The molecule has 6 heteroatoms. The third kappa shape index (κ3) is 1.84. The van der Waals surface area contributed by atoms with Gasteiger partial charge in [0.25, 0.3) is 0 Å². The van der Waals surface area contributed by atoms with Gasteiger partial charge in [-0.1, -0.05) is 0 Å². The number of nitrogens with zero attached hydrogens (tertiary/aromatic N) is 3. The lowest BCUT2D eigenvalue weighted by Crippen LogP contribution is -2.01. The molecule has 0 radical (unpaired) electrons. The Morgan fingerprint density at radius 1 is 1.39 bits per heavy atom. The van der Waals surface area contributed by atoms with Crippen LogP contribution in [0, 0.1) is 5.82 Å². The molecule has 2 aromatic rings. The van der Waals surface area contributed by atoms with E-state index in [1.54, 1.807) is 16.7 Å². The summed E-state index contributed by atoms with van der Waals surface area (Å²) in [5, 5.41) is 8.16. The summed E-state index contributed by atoms with van der Waals surface area (Å²) >= 11 is 6.01. The molecule has 0 saturated heterocycles. The van der Waals surface area contributed by atoms with Gasteiger partial charge < -0.3 is 4.74 Å². The van der Waals surface area contributed by atoms with Crippen LogP contribution in [0.3, 0.4) is 0 Å². The zero-order valence-corrected chi connectivity index (χ0v) is 10.5. The molecule has 1 fully saturated rings. The number of hydrogen-bond acceptors (Lipinski definition) is 3. The van der Waals surface area contributed by atoms with Crippen LogP contribution in [0.15, 0.2) is 18.2 Å². The first-order chi connectivity index (χ1) is 8.70. The molecule has 1 aliphatic rings. The predicted octanol–water partition coefficient (Wildman–Crippen LogP) is 2.95. The van der Waals surface area contributed by atoms with Gasteiger partial charge in [0, 0.05) is 12.0 Å². The van der Waals surface area contributed by atoms with Gasteiger partial charge in [0.2, 0.25) is 5.28 Å². The number of hydrogen-bond donors (Lipinski definition) is 0. The van der Waals surface area contributed by atoms with E-state index in [4.69, 9.17) is 16.3 Å². The highest BCUT2D eigenvalue weighted by Crippen LogP contribution is 2.40. The fourth-order valence-corrected chi connectivity index (χ4v) is 2.14. The van der Waals surface area contributed by atoms with Crippen LogP contribution in [0.25, 0.3) is 5.69 Å². The van der Waals surface area contributed by atoms with E-state index < -0.39 is 5.82 Å². The van der Waals surface area contributed by atoms with Gasteiger partial charge in [-0.25, -0.2) is 4.39 Å². The van der Waals surface area contributed by atoms with Crippen molar-refractivity contribution in [2.75, 3.05) is 7.11 Å². The number of aromatic nitrogens is 3. The molecule has 0 unspecified atom stereocenters. The molecule has 0 N–H and O–H groups in total. The zero-order chi connectivity index (χ0) is 12.7. The average molecular weight is 268 g/mol. The first-order valence-corrected chi connectivity index (χ1v) is 6.03. The van der Waals surface area contributed by atoms with E-state index in [2.05, 4.69) is 10.2 Å². The highest BCUT2D eigenvalue weighted by Gasteiger charge is 2.30. The van der Waals surface area contributed by atoms with E-state index in [-0.39, 0.29) is 11.0 Å². The van der Waals surface area contributed by atoms with Crippen molar-refractivity contribution < 1.29 is 9.13 Å². The summed E-state index contributed by atoms with van der Waals surface area (Å²) in [6.07, 6.45) is 2.15. The third-order valence-electron chi connectivity index (χ3n) is 2.98. The fraction of sp³-hybridized carbons (Fsp3) is 0.333. The van der Waals surface area contributed by atoms with Crippen molar-refractivity contribution in [1.29, 1.82) is 0 Å². The van der Waals surface area contributed by atoms with Gasteiger partial charge >= 0.3 is 0 Å². The maximum Gasteiger partial charge on any atom is 0.229 e. The van der Waals surface area contributed by atoms with Crippen LogP contribution in [-0.2, 0) is 0 Å². The lowest BCUT2D eigenvalue weighted by Gasteiger charge is -2.09. The minimum atomic E-state index is -0.429. The number of benzene rings is 1. The van der Waals surface area contributed by atoms with Crippen LogP contribution < -0.4 is 4.74 Å². The van der Waals surface area contributed by atoms with E-state index in [1.165, 1.54) is 13.2 Å². The Balaban J connectivity index is 2.09. The van der Waals surface area contributed by atoms with E-state index in [0.717, 1.165) is 18.7 Å². The van der Waals surface area contributed by atoms with Crippen LogP contribution in [0.5, 0.6) is 5.75 Å². The maximum absolute atomic E-state index is 13.7. The molecule has 0 aliphatic heterocycles. The van der Waals surface area contributed by atoms with Gasteiger partial charge in [0.05, 0.1) is 12.8 Å². The Hall–Kier alpha value is -1.62. The molecule has 1 aliphatic carbocycles. The minimum absolute atomic E-state index is 0.205. The summed E-state index contributed by atoms with van der Waals surface area (Å²) in [4.78, 5) is 0. The summed E-state index contributed by atoms with van der Waals surface area (Å²) in [7, 11) is 1.43. The second-order valence-electron chi connectivity index (χ2n) is 4.26. The highest BCUT2D eigenvalue weighted by atomic mass is 35.5. The predicted molar refractivity (Wildman–Crippen MR) is 64.9 cm³/mol. The van der Waals surface area contributed by atoms with Crippen molar-refractivity contribution >= 4 is 11.6 Å². The monoisotopic (exact) mass is 267 g/mol. The van der Waals surface area contributed by atoms with E-state index >= 15 is 0 Å². The molecule has 4 nitrogen and oxygen atoms in total. The molecule has 1 aromatic carbocycles. The second-order valence-corrected chi connectivity index (χ2v) is 4.59. The average Bonchev–Trinajstić information content (AvgIpc) is 3.13. The standard InChI is InChI=1S/C12H11ClFN3O/c1-18-10-5-4-8(6-9(10)14)17-11(7-2-3-7)15-16-12(17)13/h4-7H,2-3H2,1H3. The summed E-state index contributed by atoms with van der Waals surface area (Å²) in [6, 6.07) is 4.68. The van der Waals surface area contributed by atoms with E-state index in [1.807, 2.05) is 0 Å². The van der Waals surface area contributed by atoms with Crippen LogP contribution in [-0.4, -0.2) is 21.9 Å². The first kappa shape index (κ1) is 11.5. The van der Waals surface area contributed by atoms with Crippen LogP contribution in [0.4, 0.5) is 4.39 Å². The molecule has 1 heterocycles. The summed E-state index contributed by atoms with van der Waals surface area (Å²) in [5.41, 5.74) is 0.616. The molecular formula is C12H11ClFN3O. The largest absolute Gasteiger partial charge is 0.494 e. The molecule has 1 saturated carbocycles. The van der Waals surface area contributed by atoms with E-state index in [9.17, 15) is 4.39 Å². The molecule has 1 aromatic heterocycles. The second kappa shape index (κ2) is 4.24. The Bertz CT molecular complexity index is 595. The molecule has 0 bridgehead atoms. The Morgan fingerprint density at radius 2 is 2.17 bits per heavy atom. The summed E-state index contributed by atoms with van der Waals surface area (Å²) < 4.78 is 20.3. The van der Waals surface area contributed by atoms with E-state index in [0.29, 0.717) is 11.6 Å². The molecule has 0 atom stereocenters. The normalized spacial score (nSPS) is 14.8.